The van der Waals surface area contributed by atoms with Crippen LogP contribution in [0.15, 0.2) is 23.1 Å². The molecule has 1 aromatic rings. The lowest BCUT2D eigenvalue weighted by molar-refractivity contribution is -0.116. The number of benzene rings is 1. The third kappa shape index (κ3) is 5.45. The van der Waals surface area contributed by atoms with Gasteiger partial charge in [-0.1, -0.05) is 11.6 Å². The van der Waals surface area contributed by atoms with Crippen LogP contribution in [0.2, 0.25) is 5.02 Å². The minimum absolute atomic E-state index is 0.157. The number of sulfonamides is 1. The van der Waals surface area contributed by atoms with Crippen LogP contribution in [0.3, 0.4) is 0 Å². The number of rotatable bonds is 8. The van der Waals surface area contributed by atoms with Crippen LogP contribution >= 0.6 is 11.6 Å². The molecular formula is C19H28ClN3O4S. The van der Waals surface area contributed by atoms with Gasteiger partial charge in [-0.15, -0.1) is 0 Å². The van der Waals surface area contributed by atoms with E-state index in [0.717, 1.165) is 38.8 Å². The topological polar surface area (TPSA) is 79.0 Å². The average molecular weight is 430 g/mol. The fraction of sp³-hybridized carbons (Fsp3) is 0.632. The van der Waals surface area contributed by atoms with Gasteiger partial charge in [-0.25, -0.2) is 8.42 Å². The number of ether oxygens (including phenoxy) is 1. The second-order valence-corrected chi connectivity index (χ2v) is 9.79. The molecule has 28 heavy (non-hydrogen) atoms. The first kappa shape index (κ1) is 21.5. The Morgan fingerprint density at radius 3 is 2.75 bits per heavy atom. The van der Waals surface area contributed by atoms with E-state index in [1.54, 1.807) is 0 Å². The summed E-state index contributed by atoms with van der Waals surface area (Å²) in [5, 5.41) is 3.07. The van der Waals surface area contributed by atoms with Crippen LogP contribution in [0.5, 0.6) is 0 Å². The molecule has 1 amide bonds. The number of hydrogen-bond acceptors (Lipinski definition) is 5. The third-order valence-corrected chi connectivity index (χ3v) is 7.40. The zero-order valence-corrected chi connectivity index (χ0v) is 17.8. The molecule has 156 valence electrons. The minimum Gasteiger partial charge on any atom is -0.377 e. The van der Waals surface area contributed by atoms with E-state index in [1.165, 1.54) is 22.5 Å². The lowest BCUT2D eigenvalue weighted by Gasteiger charge is -2.20. The number of amides is 1. The van der Waals surface area contributed by atoms with E-state index in [-0.39, 0.29) is 16.9 Å². The molecule has 1 atom stereocenters. The normalized spacial score (nSPS) is 20.8. The molecule has 3 rings (SSSR count). The summed E-state index contributed by atoms with van der Waals surface area (Å²) >= 11 is 6.18. The maximum absolute atomic E-state index is 12.7. The summed E-state index contributed by atoms with van der Waals surface area (Å²) in [4.78, 5) is 14.6. The Labute approximate surface area is 172 Å². The quantitative estimate of drug-likeness (QED) is 0.687. The molecule has 2 saturated heterocycles. The van der Waals surface area contributed by atoms with Gasteiger partial charge in [0.1, 0.15) is 0 Å². The molecule has 0 spiro atoms. The lowest BCUT2D eigenvalue weighted by atomic mass is 10.2. The number of carbonyl (C=O) groups excluding carboxylic acids is 1. The Hall–Kier alpha value is -1.19. The third-order valence-electron chi connectivity index (χ3n) is 5.17. The van der Waals surface area contributed by atoms with Crippen molar-refractivity contribution in [1.29, 1.82) is 0 Å². The molecule has 0 aromatic heterocycles. The first-order valence-electron chi connectivity index (χ1n) is 9.76. The van der Waals surface area contributed by atoms with Crippen molar-refractivity contribution in [2.24, 2.45) is 0 Å². The predicted molar refractivity (Wildman–Crippen MR) is 109 cm³/mol. The molecule has 0 saturated carbocycles. The van der Waals surface area contributed by atoms with Crippen molar-refractivity contribution < 1.29 is 17.9 Å². The molecule has 1 aromatic carbocycles. The first-order valence-corrected chi connectivity index (χ1v) is 11.6. The summed E-state index contributed by atoms with van der Waals surface area (Å²) in [6.07, 6.45) is 4.43. The fourth-order valence-electron chi connectivity index (χ4n) is 3.57. The van der Waals surface area contributed by atoms with E-state index in [1.807, 2.05) is 7.05 Å². The van der Waals surface area contributed by atoms with Crippen LogP contribution in [0, 0.1) is 0 Å². The van der Waals surface area contributed by atoms with Gasteiger partial charge in [-0.3, -0.25) is 4.79 Å². The van der Waals surface area contributed by atoms with Crippen molar-refractivity contribution in [2.75, 3.05) is 45.2 Å². The summed E-state index contributed by atoms with van der Waals surface area (Å²) in [6.45, 7) is 3.27. The molecule has 2 heterocycles. The number of halogens is 1. The molecule has 1 unspecified atom stereocenters. The Kier molecular flexibility index (Phi) is 7.33. The highest BCUT2D eigenvalue weighted by Crippen LogP contribution is 2.28. The van der Waals surface area contributed by atoms with Crippen molar-refractivity contribution >= 4 is 33.2 Å². The van der Waals surface area contributed by atoms with Gasteiger partial charge in [0.15, 0.2) is 0 Å². The van der Waals surface area contributed by atoms with Crippen molar-refractivity contribution in [3.63, 3.8) is 0 Å². The molecule has 7 nitrogen and oxygen atoms in total. The van der Waals surface area contributed by atoms with Crippen molar-refractivity contribution in [1.82, 2.24) is 9.21 Å². The second-order valence-electron chi connectivity index (χ2n) is 7.45. The van der Waals surface area contributed by atoms with E-state index < -0.39 is 10.0 Å². The number of anilines is 1. The van der Waals surface area contributed by atoms with Gasteiger partial charge >= 0.3 is 0 Å². The van der Waals surface area contributed by atoms with Crippen molar-refractivity contribution in [3.8, 4) is 0 Å². The maximum Gasteiger partial charge on any atom is 0.243 e. The van der Waals surface area contributed by atoms with Gasteiger partial charge in [0.25, 0.3) is 0 Å². The molecule has 0 bridgehead atoms. The smallest absolute Gasteiger partial charge is 0.243 e. The highest BCUT2D eigenvalue weighted by molar-refractivity contribution is 7.89. The number of likely N-dealkylation sites (N-methyl/N-ethyl adjacent to an activating group) is 1. The molecule has 2 fully saturated rings. The standard InChI is InChI=1S/C19H28ClN3O4S/c1-22(14-15-5-4-12-27-15)11-8-19(24)21-18-13-16(6-7-17(18)20)28(25,26)23-9-2-3-10-23/h6-7,13,15H,2-5,8-12,14H2,1H3,(H,21,24). The predicted octanol–water partition coefficient (Wildman–Crippen LogP) is 2.56. The van der Waals surface area contributed by atoms with Gasteiger partial charge in [0.2, 0.25) is 15.9 Å². The lowest BCUT2D eigenvalue weighted by Crippen LogP contribution is -2.31. The number of nitrogens with one attached hydrogen (secondary N) is 1. The summed E-state index contributed by atoms with van der Waals surface area (Å²) < 4.78 is 32.5. The van der Waals surface area contributed by atoms with Gasteiger partial charge in [-0.2, -0.15) is 4.31 Å². The monoisotopic (exact) mass is 429 g/mol. The van der Waals surface area contributed by atoms with Gasteiger partial charge in [0, 0.05) is 39.2 Å². The van der Waals surface area contributed by atoms with E-state index in [4.69, 9.17) is 16.3 Å². The first-order chi connectivity index (χ1) is 13.4. The highest BCUT2D eigenvalue weighted by Gasteiger charge is 2.27. The fourth-order valence-corrected chi connectivity index (χ4v) is 5.28. The Morgan fingerprint density at radius 1 is 1.32 bits per heavy atom. The molecule has 0 radical (unpaired) electrons. The van der Waals surface area contributed by atoms with E-state index in [0.29, 0.717) is 36.8 Å². The summed E-state index contributed by atoms with van der Waals surface area (Å²) in [5.41, 5.74) is 0.328. The van der Waals surface area contributed by atoms with Gasteiger partial charge in [-0.05, 0) is 50.9 Å². The zero-order valence-electron chi connectivity index (χ0n) is 16.2. The van der Waals surface area contributed by atoms with Crippen LogP contribution in [-0.4, -0.2) is 69.5 Å². The molecule has 0 aliphatic carbocycles. The second kappa shape index (κ2) is 9.54. The highest BCUT2D eigenvalue weighted by atomic mass is 35.5. The largest absolute Gasteiger partial charge is 0.377 e. The average Bonchev–Trinajstić information content (AvgIpc) is 3.35. The van der Waals surface area contributed by atoms with Crippen LogP contribution in [-0.2, 0) is 19.6 Å². The SMILES string of the molecule is CN(CCC(=O)Nc1cc(S(=O)(=O)N2CCCC2)ccc1Cl)CC1CCCO1. The van der Waals surface area contributed by atoms with Gasteiger partial charge < -0.3 is 15.0 Å². The minimum atomic E-state index is -3.55. The zero-order chi connectivity index (χ0) is 20.1. The summed E-state index contributed by atoms with van der Waals surface area (Å²) in [7, 11) is -1.59. The van der Waals surface area contributed by atoms with Crippen molar-refractivity contribution in [2.45, 2.75) is 43.1 Å². The maximum atomic E-state index is 12.7. The molecule has 2 aliphatic rings. The molecule has 9 heteroatoms. The van der Waals surface area contributed by atoms with Gasteiger partial charge in [0.05, 0.1) is 21.7 Å². The Balaban J connectivity index is 1.57. The number of carbonyl (C=O) groups is 1. The Bertz CT molecular complexity index is 790. The van der Waals surface area contributed by atoms with Crippen LogP contribution in [0.4, 0.5) is 5.69 Å². The molecule has 1 N–H and O–H groups in total. The van der Waals surface area contributed by atoms with Crippen LogP contribution in [0.1, 0.15) is 32.1 Å². The Morgan fingerprint density at radius 2 is 2.07 bits per heavy atom. The summed E-state index contributed by atoms with van der Waals surface area (Å²) in [5.74, 6) is -0.197. The molecular weight excluding hydrogens is 402 g/mol. The van der Waals surface area contributed by atoms with E-state index in [2.05, 4.69) is 10.2 Å². The molecule has 2 aliphatic heterocycles. The van der Waals surface area contributed by atoms with E-state index in [9.17, 15) is 13.2 Å². The van der Waals surface area contributed by atoms with Crippen LogP contribution < -0.4 is 5.32 Å². The number of nitrogens with zero attached hydrogens (tertiary/aromatic N) is 2. The number of hydrogen-bond donors (Lipinski definition) is 1. The van der Waals surface area contributed by atoms with E-state index >= 15 is 0 Å². The van der Waals surface area contributed by atoms with Crippen molar-refractivity contribution in [3.05, 3.63) is 23.2 Å². The summed E-state index contributed by atoms with van der Waals surface area (Å²) in [6, 6.07) is 4.45. The van der Waals surface area contributed by atoms with Crippen LogP contribution in [0.25, 0.3) is 0 Å².